The molecule has 0 aliphatic carbocycles. The molecule has 0 saturated carbocycles. The van der Waals surface area contributed by atoms with Crippen molar-refractivity contribution < 1.29 is 4.74 Å². The molecule has 4 nitrogen and oxygen atoms in total. The van der Waals surface area contributed by atoms with E-state index in [0.29, 0.717) is 0 Å². The maximum Gasteiger partial charge on any atom is 0.171 e. The molecule has 5 heteroatoms. The predicted octanol–water partition coefficient (Wildman–Crippen LogP) is 2.85. The summed E-state index contributed by atoms with van der Waals surface area (Å²) in [5.41, 5.74) is 2.61. The van der Waals surface area contributed by atoms with Gasteiger partial charge >= 0.3 is 0 Å². The molecule has 1 saturated heterocycles. The molecule has 1 fully saturated rings. The average Bonchev–Trinajstić information content (AvgIpc) is 2.63. The van der Waals surface area contributed by atoms with Crippen molar-refractivity contribution in [1.82, 2.24) is 15.1 Å². The first-order chi connectivity index (χ1) is 11.7. The first-order valence-corrected chi connectivity index (χ1v) is 8.57. The summed E-state index contributed by atoms with van der Waals surface area (Å²) in [5, 5.41) is 4.16. The fourth-order valence-electron chi connectivity index (χ4n) is 2.82. The van der Waals surface area contributed by atoms with Crippen molar-refractivity contribution in [3.05, 3.63) is 65.7 Å². The summed E-state index contributed by atoms with van der Waals surface area (Å²) >= 11 is 5.46. The quantitative estimate of drug-likeness (QED) is 0.816. The highest BCUT2D eigenvalue weighted by Gasteiger charge is 2.20. The van der Waals surface area contributed by atoms with Crippen LogP contribution in [0.4, 0.5) is 0 Å². The minimum Gasteiger partial charge on any atom is -0.497 e. The van der Waals surface area contributed by atoms with Crippen molar-refractivity contribution >= 4 is 17.3 Å². The van der Waals surface area contributed by atoms with Gasteiger partial charge in [0.25, 0.3) is 0 Å². The highest BCUT2D eigenvalue weighted by atomic mass is 32.1. The SMILES string of the molecule is COc1ccc(CN2CNC(=S)N(CCc3ccccc3)C2)cc1. The summed E-state index contributed by atoms with van der Waals surface area (Å²) < 4.78 is 5.21. The Labute approximate surface area is 149 Å². The third kappa shape index (κ3) is 4.46. The number of ether oxygens (including phenoxy) is 1. The number of nitrogens with zero attached hydrogens (tertiary/aromatic N) is 2. The summed E-state index contributed by atoms with van der Waals surface area (Å²) in [5.74, 6) is 0.890. The molecule has 0 atom stereocenters. The van der Waals surface area contributed by atoms with Gasteiger partial charge in [0.1, 0.15) is 5.75 Å². The van der Waals surface area contributed by atoms with Gasteiger partial charge in [-0.15, -0.1) is 0 Å². The van der Waals surface area contributed by atoms with Gasteiger partial charge in [0.15, 0.2) is 5.11 Å². The van der Waals surface area contributed by atoms with Crippen LogP contribution in [0.5, 0.6) is 5.75 Å². The Balaban J connectivity index is 1.55. The molecule has 0 unspecified atom stereocenters. The normalized spacial score (nSPS) is 15.2. The number of rotatable bonds is 6. The van der Waals surface area contributed by atoms with E-state index in [1.807, 2.05) is 18.2 Å². The van der Waals surface area contributed by atoms with E-state index in [0.717, 1.165) is 43.7 Å². The van der Waals surface area contributed by atoms with Gasteiger partial charge in [0.05, 0.1) is 20.4 Å². The Bertz CT molecular complexity index is 660. The van der Waals surface area contributed by atoms with Gasteiger partial charge < -0.3 is 15.0 Å². The fourth-order valence-corrected chi connectivity index (χ4v) is 3.04. The van der Waals surface area contributed by atoms with E-state index in [9.17, 15) is 0 Å². The minimum atomic E-state index is 0.784. The predicted molar refractivity (Wildman–Crippen MR) is 101 cm³/mol. The van der Waals surface area contributed by atoms with Gasteiger partial charge in [0, 0.05) is 13.1 Å². The van der Waals surface area contributed by atoms with Crippen LogP contribution in [0.3, 0.4) is 0 Å². The molecule has 0 amide bonds. The van der Waals surface area contributed by atoms with Gasteiger partial charge in [0.2, 0.25) is 0 Å². The largest absolute Gasteiger partial charge is 0.497 e. The molecule has 1 aliphatic heterocycles. The number of methoxy groups -OCH3 is 1. The van der Waals surface area contributed by atoms with E-state index in [1.165, 1.54) is 11.1 Å². The van der Waals surface area contributed by atoms with Crippen molar-refractivity contribution in [2.45, 2.75) is 13.0 Å². The van der Waals surface area contributed by atoms with Crippen molar-refractivity contribution in [3.8, 4) is 5.75 Å². The van der Waals surface area contributed by atoms with E-state index < -0.39 is 0 Å². The Morgan fingerprint density at radius 2 is 1.79 bits per heavy atom. The molecule has 0 aromatic heterocycles. The first-order valence-electron chi connectivity index (χ1n) is 8.16. The van der Waals surface area contributed by atoms with Gasteiger partial charge in [-0.2, -0.15) is 0 Å². The molecule has 2 aromatic carbocycles. The van der Waals surface area contributed by atoms with Crippen LogP contribution in [0.15, 0.2) is 54.6 Å². The van der Waals surface area contributed by atoms with Crippen LogP contribution >= 0.6 is 12.2 Å². The molecular formula is C19H23N3OS. The molecule has 3 rings (SSSR count). The minimum absolute atomic E-state index is 0.784. The van der Waals surface area contributed by atoms with Crippen LogP contribution in [0.2, 0.25) is 0 Å². The Kier molecular flexibility index (Phi) is 5.67. The lowest BCUT2D eigenvalue weighted by Crippen LogP contribution is -2.56. The molecule has 0 spiro atoms. The molecule has 1 aliphatic rings. The number of benzene rings is 2. The summed E-state index contributed by atoms with van der Waals surface area (Å²) in [6, 6.07) is 18.8. The third-order valence-corrected chi connectivity index (χ3v) is 4.59. The topological polar surface area (TPSA) is 27.7 Å². The Morgan fingerprint density at radius 1 is 1.04 bits per heavy atom. The Hall–Kier alpha value is -2.11. The summed E-state index contributed by atoms with van der Waals surface area (Å²) in [6.07, 6.45) is 0.999. The summed E-state index contributed by atoms with van der Waals surface area (Å²) in [6.45, 7) is 3.45. The van der Waals surface area contributed by atoms with Crippen LogP contribution in [-0.2, 0) is 13.0 Å². The second-order valence-electron chi connectivity index (χ2n) is 5.96. The number of hydrogen-bond donors (Lipinski definition) is 1. The molecule has 0 bridgehead atoms. The maximum atomic E-state index is 5.46. The van der Waals surface area contributed by atoms with Gasteiger partial charge in [-0.25, -0.2) is 0 Å². The zero-order valence-electron chi connectivity index (χ0n) is 13.9. The van der Waals surface area contributed by atoms with Gasteiger partial charge in [-0.3, -0.25) is 4.90 Å². The lowest BCUT2D eigenvalue weighted by molar-refractivity contribution is 0.147. The van der Waals surface area contributed by atoms with Crippen LogP contribution < -0.4 is 10.1 Å². The zero-order chi connectivity index (χ0) is 16.8. The summed E-state index contributed by atoms with van der Waals surface area (Å²) in [7, 11) is 1.69. The fraction of sp³-hybridized carbons (Fsp3) is 0.316. The van der Waals surface area contributed by atoms with E-state index in [2.05, 4.69) is 51.5 Å². The molecule has 1 N–H and O–H groups in total. The van der Waals surface area contributed by atoms with Crippen LogP contribution in [-0.4, -0.2) is 41.9 Å². The van der Waals surface area contributed by atoms with Gasteiger partial charge in [-0.1, -0.05) is 42.5 Å². The summed E-state index contributed by atoms with van der Waals surface area (Å²) in [4.78, 5) is 4.58. The number of nitrogens with one attached hydrogen (secondary N) is 1. The first kappa shape index (κ1) is 16.7. The molecule has 126 valence electrons. The number of hydrogen-bond acceptors (Lipinski definition) is 3. The monoisotopic (exact) mass is 341 g/mol. The maximum absolute atomic E-state index is 5.46. The highest BCUT2D eigenvalue weighted by molar-refractivity contribution is 7.80. The molecule has 24 heavy (non-hydrogen) atoms. The highest BCUT2D eigenvalue weighted by Crippen LogP contribution is 2.14. The number of thiocarbonyl (C=S) groups is 1. The molecular weight excluding hydrogens is 318 g/mol. The standard InChI is InChI=1S/C19H23N3OS/c1-23-18-9-7-17(8-10-18)13-21-14-20-19(24)22(15-21)12-11-16-5-3-2-4-6-16/h2-10H,11-15H2,1H3,(H,20,24). The van der Waals surface area contributed by atoms with Crippen LogP contribution in [0.25, 0.3) is 0 Å². The van der Waals surface area contributed by atoms with Crippen LogP contribution in [0, 0.1) is 0 Å². The van der Waals surface area contributed by atoms with Crippen LogP contribution in [0.1, 0.15) is 11.1 Å². The second-order valence-corrected chi connectivity index (χ2v) is 6.34. The lowest BCUT2D eigenvalue weighted by atomic mass is 10.1. The van der Waals surface area contributed by atoms with Crippen molar-refractivity contribution in [3.63, 3.8) is 0 Å². The average molecular weight is 341 g/mol. The van der Waals surface area contributed by atoms with Gasteiger partial charge in [-0.05, 0) is 41.9 Å². The molecule has 2 aromatic rings. The van der Waals surface area contributed by atoms with E-state index >= 15 is 0 Å². The Morgan fingerprint density at radius 3 is 2.50 bits per heavy atom. The smallest absolute Gasteiger partial charge is 0.171 e. The zero-order valence-corrected chi connectivity index (χ0v) is 14.8. The van der Waals surface area contributed by atoms with E-state index in [-0.39, 0.29) is 0 Å². The molecule has 0 radical (unpaired) electrons. The van der Waals surface area contributed by atoms with Crippen molar-refractivity contribution in [1.29, 1.82) is 0 Å². The third-order valence-electron chi connectivity index (χ3n) is 4.19. The van der Waals surface area contributed by atoms with E-state index in [1.54, 1.807) is 7.11 Å². The van der Waals surface area contributed by atoms with E-state index in [4.69, 9.17) is 17.0 Å². The van der Waals surface area contributed by atoms with Crippen molar-refractivity contribution in [2.75, 3.05) is 27.0 Å². The van der Waals surface area contributed by atoms with Crippen molar-refractivity contribution in [2.24, 2.45) is 0 Å². The molecule has 1 heterocycles. The lowest BCUT2D eigenvalue weighted by Gasteiger charge is -2.38. The second kappa shape index (κ2) is 8.13.